The van der Waals surface area contributed by atoms with E-state index in [1.165, 1.54) is 11.1 Å². The highest BCUT2D eigenvalue weighted by Gasteiger charge is 2.37. The van der Waals surface area contributed by atoms with Crippen LogP contribution >= 0.6 is 0 Å². The van der Waals surface area contributed by atoms with E-state index in [4.69, 9.17) is 0 Å². The van der Waals surface area contributed by atoms with Gasteiger partial charge < -0.3 is 0 Å². The van der Waals surface area contributed by atoms with Gasteiger partial charge in [-0.15, -0.1) is 0 Å². The lowest BCUT2D eigenvalue weighted by atomic mass is 9.82. The van der Waals surface area contributed by atoms with E-state index < -0.39 is 0 Å². The monoisotopic (exact) mass is 234 g/mol. The largest absolute Gasteiger partial charge is 0.261 e. The Kier molecular flexibility index (Phi) is 2.60. The lowest BCUT2D eigenvalue weighted by Gasteiger charge is -2.19. The SMILES string of the molecule is N#CC1(Cc2ccccn2)Cc2ccccc2C1. The van der Waals surface area contributed by atoms with Gasteiger partial charge in [0.2, 0.25) is 0 Å². The van der Waals surface area contributed by atoms with Crippen LogP contribution in [0.15, 0.2) is 48.7 Å². The van der Waals surface area contributed by atoms with Crippen LogP contribution in [0.5, 0.6) is 0 Å². The van der Waals surface area contributed by atoms with Gasteiger partial charge in [0, 0.05) is 18.3 Å². The summed E-state index contributed by atoms with van der Waals surface area (Å²) in [6, 6.07) is 16.8. The molecule has 2 heteroatoms. The highest BCUT2D eigenvalue weighted by atomic mass is 14.7. The molecule has 2 nitrogen and oxygen atoms in total. The predicted molar refractivity (Wildman–Crippen MR) is 69.8 cm³/mol. The van der Waals surface area contributed by atoms with Gasteiger partial charge in [0.05, 0.1) is 11.5 Å². The zero-order chi connectivity index (χ0) is 12.4. The first-order chi connectivity index (χ1) is 8.81. The van der Waals surface area contributed by atoms with Crippen LogP contribution in [0, 0.1) is 16.7 Å². The van der Waals surface area contributed by atoms with Crippen molar-refractivity contribution >= 4 is 0 Å². The summed E-state index contributed by atoms with van der Waals surface area (Å²) in [6.45, 7) is 0. The Bertz CT molecular complexity index is 571. The summed E-state index contributed by atoms with van der Waals surface area (Å²) < 4.78 is 0. The Balaban J connectivity index is 1.89. The first kappa shape index (κ1) is 11.0. The molecule has 0 bridgehead atoms. The summed E-state index contributed by atoms with van der Waals surface area (Å²) in [7, 11) is 0. The maximum Gasteiger partial charge on any atom is 0.0710 e. The molecular formula is C16H14N2. The quantitative estimate of drug-likeness (QED) is 0.801. The van der Waals surface area contributed by atoms with Gasteiger partial charge in [-0.3, -0.25) is 4.98 Å². The maximum absolute atomic E-state index is 9.57. The number of aromatic nitrogens is 1. The average Bonchev–Trinajstić information content (AvgIpc) is 2.78. The second kappa shape index (κ2) is 4.27. The Morgan fingerprint density at radius 2 is 1.72 bits per heavy atom. The van der Waals surface area contributed by atoms with Crippen LogP contribution in [-0.2, 0) is 19.3 Å². The van der Waals surface area contributed by atoms with Gasteiger partial charge in [0.15, 0.2) is 0 Å². The van der Waals surface area contributed by atoms with Gasteiger partial charge in [0.25, 0.3) is 0 Å². The van der Waals surface area contributed by atoms with Crippen LogP contribution in [0.25, 0.3) is 0 Å². The van der Waals surface area contributed by atoms with Gasteiger partial charge in [-0.05, 0) is 36.1 Å². The van der Waals surface area contributed by atoms with E-state index in [1.54, 1.807) is 6.20 Å². The second-order valence-corrected chi connectivity index (χ2v) is 5.01. The lowest BCUT2D eigenvalue weighted by molar-refractivity contribution is 0.413. The van der Waals surface area contributed by atoms with Crippen molar-refractivity contribution in [3.63, 3.8) is 0 Å². The molecule has 0 spiro atoms. The molecule has 0 amide bonds. The fraction of sp³-hybridized carbons (Fsp3) is 0.250. The van der Waals surface area contributed by atoms with Crippen molar-refractivity contribution in [2.75, 3.05) is 0 Å². The number of hydrogen-bond acceptors (Lipinski definition) is 2. The molecule has 0 unspecified atom stereocenters. The summed E-state index contributed by atoms with van der Waals surface area (Å²) in [5, 5.41) is 9.57. The molecule has 3 rings (SSSR count). The molecule has 0 radical (unpaired) electrons. The van der Waals surface area contributed by atoms with Crippen LogP contribution in [0.1, 0.15) is 16.8 Å². The van der Waals surface area contributed by atoms with Crippen molar-refractivity contribution < 1.29 is 0 Å². The molecule has 0 N–H and O–H groups in total. The number of benzene rings is 1. The normalized spacial score (nSPS) is 15.9. The molecule has 1 aliphatic rings. The molecule has 0 saturated carbocycles. The minimum absolute atomic E-state index is 0.307. The van der Waals surface area contributed by atoms with E-state index in [1.807, 2.05) is 30.3 Å². The fourth-order valence-corrected chi connectivity index (χ4v) is 2.79. The molecule has 1 heterocycles. The third-order valence-electron chi connectivity index (χ3n) is 3.66. The molecule has 0 aliphatic heterocycles. The van der Waals surface area contributed by atoms with Crippen LogP contribution in [-0.4, -0.2) is 4.98 Å². The third-order valence-corrected chi connectivity index (χ3v) is 3.66. The van der Waals surface area contributed by atoms with Gasteiger partial charge >= 0.3 is 0 Å². The number of hydrogen-bond donors (Lipinski definition) is 0. The number of fused-ring (bicyclic) bond motifs is 1. The summed E-state index contributed by atoms with van der Waals surface area (Å²) in [6.07, 6.45) is 4.22. The Morgan fingerprint density at radius 3 is 2.28 bits per heavy atom. The third kappa shape index (κ3) is 1.89. The minimum Gasteiger partial charge on any atom is -0.261 e. The van der Waals surface area contributed by atoms with Gasteiger partial charge in [0.1, 0.15) is 0 Å². The molecule has 18 heavy (non-hydrogen) atoms. The van der Waals surface area contributed by atoms with E-state index in [2.05, 4.69) is 23.2 Å². The molecule has 1 aromatic heterocycles. The van der Waals surface area contributed by atoms with Crippen molar-refractivity contribution in [3.8, 4) is 6.07 Å². The molecule has 0 saturated heterocycles. The van der Waals surface area contributed by atoms with Crippen LogP contribution in [0.2, 0.25) is 0 Å². The number of rotatable bonds is 2. The maximum atomic E-state index is 9.57. The minimum atomic E-state index is -0.307. The second-order valence-electron chi connectivity index (χ2n) is 5.01. The van der Waals surface area contributed by atoms with Crippen molar-refractivity contribution in [2.45, 2.75) is 19.3 Å². The van der Waals surface area contributed by atoms with Crippen molar-refractivity contribution in [3.05, 3.63) is 65.5 Å². The summed E-state index contributed by atoms with van der Waals surface area (Å²) in [5.41, 5.74) is 3.33. The molecule has 1 aliphatic carbocycles. The van der Waals surface area contributed by atoms with Crippen molar-refractivity contribution in [1.82, 2.24) is 4.98 Å². The number of nitrogens with zero attached hydrogens (tertiary/aromatic N) is 2. The summed E-state index contributed by atoms with van der Waals surface area (Å²) in [5.74, 6) is 0. The average molecular weight is 234 g/mol. The molecule has 1 aromatic carbocycles. The highest BCUT2D eigenvalue weighted by molar-refractivity contribution is 5.37. The fourth-order valence-electron chi connectivity index (χ4n) is 2.79. The first-order valence-electron chi connectivity index (χ1n) is 6.19. The van der Waals surface area contributed by atoms with E-state index >= 15 is 0 Å². The topological polar surface area (TPSA) is 36.7 Å². The molecule has 2 aromatic rings. The predicted octanol–water partition coefficient (Wildman–Crippen LogP) is 2.93. The zero-order valence-electron chi connectivity index (χ0n) is 10.1. The van der Waals surface area contributed by atoms with E-state index in [9.17, 15) is 5.26 Å². The highest BCUT2D eigenvalue weighted by Crippen LogP contribution is 2.38. The Hall–Kier alpha value is -2.14. The van der Waals surface area contributed by atoms with Crippen LogP contribution < -0.4 is 0 Å². The van der Waals surface area contributed by atoms with Crippen molar-refractivity contribution in [2.24, 2.45) is 5.41 Å². The molecular weight excluding hydrogens is 220 g/mol. The van der Waals surface area contributed by atoms with E-state index in [0.717, 1.165) is 25.0 Å². The number of pyridine rings is 1. The van der Waals surface area contributed by atoms with E-state index in [0.29, 0.717) is 0 Å². The Morgan fingerprint density at radius 1 is 1.06 bits per heavy atom. The van der Waals surface area contributed by atoms with Crippen molar-refractivity contribution in [1.29, 1.82) is 5.26 Å². The summed E-state index contributed by atoms with van der Waals surface area (Å²) >= 11 is 0. The standard InChI is InChI=1S/C16H14N2/c17-12-16(11-15-7-3-4-8-18-15)9-13-5-1-2-6-14(13)10-16/h1-8H,9-11H2. The van der Waals surface area contributed by atoms with Gasteiger partial charge in [-0.25, -0.2) is 0 Å². The smallest absolute Gasteiger partial charge is 0.0710 e. The zero-order valence-corrected chi connectivity index (χ0v) is 10.1. The van der Waals surface area contributed by atoms with E-state index in [-0.39, 0.29) is 5.41 Å². The van der Waals surface area contributed by atoms with Crippen LogP contribution in [0.3, 0.4) is 0 Å². The molecule has 0 fully saturated rings. The Labute approximate surface area is 107 Å². The van der Waals surface area contributed by atoms with Crippen LogP contribution in [0.4, 0.5) is 0 Å². The first-order valence-corrected chi connectivity index (χ1v) is 6.19. The summed E-state index contributed by atoms with van der Waals surface area (Å²) in [4.78, 5) is 4.35. The molecule has 88 valence electrons. The van der Waals surface area contributed by atoms with Gasteiger partial charge in [-0.2, -0.15) is 5.26 Å². The van der Waals surface area contributed by atoms with Gasteiger partial charge in [-0.1, -0.05) is 30.3 Å². The molecule has 0 atom stereocenters. The lowest BCUT2D eigenvalue weighted by Crippen LogP contribution is -2.22. The number of nitriles is 1.